The molecule has 0 spiro atoms. The van der Waals surface area contributed by atoms with E-state index in [2.05, 4.69) is 43.5 Å². The molecule has 64 heavy (non-hydrogen) atoms. The smallest absolute Gasteiger partial charge is 0.305 e. The number of nitrogens with one attached hydrogen (secondary N) is 1. The Morgan fingerprint density at radius 1 is 0.422 bits per heavy atom. The first kappa shape index (κ1) is 62.1. The van der Waals surface area contributed by atoms with Crippen LogP contribution in [0.4, 0.5) is 0 Å². The van der Waals surface area contributed by atoms with Gasteiger partial charge in [-0.2, -0.15) is 0 Å². The maximum atomic E-state index is 12.4. The lowest BCUT2D eigenvalue weighted by Gasteiger charge is -2.20. The summed E-state index contributed by atoms with van der Waals surface area (Å²) < 4.78 is 5.48. The zero-order chi connectivity index (χ0) is 46.5. The Kier molecular flexibility index (Phi) is 52.1. The summed E-state index contributed by atoms with van der Waals surface area (Å²) >= 11 is 0. The Hall–Kier alpha value is -1.92. The molecule has 1 amide bonds. The van der Waals surface area contributed by atoms with Crippen molar-refractivity contribution < 1.29 is 24.5 Å². The second kappa shape index (κ2) is 53.7. The van der Waals surface area contributed by atoms with Gasteiger partial charge in [0, 0.05) is 12.8 Å². The van der Waals surface area contributed by atoms with Crippen molar-refractivity contribution in [2.45, 2.75) is 309 Å². The summed E-state index contributed by atoms with van der Waals surface area (Å²) in [6.07, 6.45) is 65.9. The number of hydrogen-bond acceptors (Lipinski definition) is 5. The van der Waals surface area contributed by atoms with Crippen LogP contribution in [-0.2, 0) is 14.3 Å². The molecule has 0 aromatic heterocycles. The van der Waals surface area contributed by atoms with Gasteiger partial charge in [0.1, 0.15) is 0 Å². The molecule has 0 aromatic rings. The van der Waals surface area contributed by atoms with Crippen LogP contribution in [0.15, 0.2) is 36.5 Å². The van der Waals surface area contributed by atoms with Gasteiger partial charge in [-0.25, -0.2) is 0 Å². The van der Waals surface area contributed by atoms with Crippen LogP contribution in [0.3, 0.4) is 0 Å². The number of hydrogen-bond donors (Lipinski definition) is 3. The Labute approximate surface area is 398 Å². The molecule has 6 heteroatoms. The van der Waals surface area contributed by atoms with E-state index >= 15 is 0 Å². The van der Waals surface area contributed by atoms with E-state index in [1.54, 1.807) is 6.08 Å². The first-order valence-electron chi connectivity index (χ1n) is 28.3. The number of ether oxygens (including phenoxy) is 1. The largest absolute Gasteiger partial charge is 0.466 e. The molecular weight excluding hydrogens is 791 g/mol. The van der Waals surface area contributed by atoms with Crippen LogP contribution in [0, 0.1) is 0 Å². The highest BCUT2D eigenvalue weighted by Crippen LogP contribution is 2.15. The minimum absolute atomic E-state index is 0.00713. The van der Waals surface area contributed by atoms with Crippen molar-refractivity contribution in [2.75, 3.05) is 13.2 Å². The Morgan fingerprint density at radius 2 is 0.734 bits per heavy atom. The fourth-order valence-electron chi connectivity index (χ4n) is 8.50. The summed E-state index contributed by atoms with van der Waals surface area (Å²) in [6, 6.07) is -0.640. The van der Waals surface area contributed by atoms with Gasteiger partial charge in [-0.1, -0.05) is 237 Å². The fourth-order valence-corrected chi connectivity index (χ4v) is 8.50. The molecule has 0 bridgehead atoms. The van der Waals surface area contributed by atoms with Gasteiger partial charge in [0.05, 0.1) is 25.4 Å². The van der Waals surface area contributed by atoms with Crippen molar-refractivity contribution in [1.82, 2.24) is 5.32 Å². The highest BCUT2D eigenvalue weighted by Gasteiger charge is 2.18. The molecule has 6 nitrogen and oxygen atoms in total. The third kappa shape index (κ3) is 49.5. The minimum Gasteiger partial charge on any atom is -0.466 e. The number of aliphatic hydroxyl groups excluding tert-OH is 2. The van der Waals surface area contributed by atoms with Crippen LogP contribution in [0.5, 0.6) is 0 Å². The SMILES string of the molecule is CCCCCCCCC/C=C\CCCCCCCCCC(=O)OCCCCCCCCC/C=C\CCCCCCCC(=O)NC(CO)C(O)/C=C/CCCCCCCCCCCCC. The lowest BCUT2D eigenvalue weighted by molar-refractivity contribution is -0.143. The molecule has 0 aromatic carbocycles. The molecule has 0 fully saturated rings. The lowest BCUT2D eigenvalue weighted by Crippen LogP contribution is -2.45. The van der Waals surface area contributed by atoms with E-state index in [1.165, 1.54) is 205 Å². The van der Waals surface area contributed by atoms with Crippen molar-refractivity contribution in [3.8, 4) is 0 Å². The van der Waals surface area contributed by atoms with Gasteiger partial charge in [0.25, 0.3) is 0 Å². The number of unbranched alkanes of at least 4 members (excludes halogenated alkanes) is 37. The normalized spacial score (nSPS) is 12.9. The van der Waals surface area contributed by atoms with E-state index in [1.807, 2.05) is 6.08 Å². The lowest BCUT2D eigenvalue weighted by atomic mass is 10.0. The zero-order valence-electron chi connectivity index (χ0n) is 42.8. The topological polar surface area (TPSA) is 95.9 Å². The average Bonchev–Trinajstić information content (AvgIpc) is 3.29. The molecule has 0 aliphatic carbocycles. The molecule has 3 N–H and O–H groups in total. The van der Waals surface area contributed by atoms with Gasteiger partial charge in [0.2, 0.25) is 5.91 Å². The summed E-state index contributed by atoms with van der Waals surface area (Å²) in [6.45, 7) is 4.87. The molecule has 0 saturated carbocycles. The van der Waals surface area contributed by atoms with Crippen LogP contribution in [-0.4, -0.2) is 47.4 Å². The molecule has 0 saturated heterocycles. The fraction of sp³-hybridized carbons (Fsp3) is 0.862. The van der Waals surface area contributed by atoms with E-state index in [-0.39, 0.29) is 18.5 Å². The van der Waals surface area contributed by atoms with E-state index in [0.717, 1.165) is 64.2 Å². The van der Waals surface area contributed by atoms with Crippen molar-refractivity contribution in [1.29, 1.82) is 0 Å². The van der Waals surface area contributed by atoms with Crippen LogP contribution >= 0.6 is 0 Å². The molecule has 0 radical (unpaired) electrons. The van der Waals surface area contributed by atoms with Gasteiger partial charge < -0.3 is 20.3 Å². The van der Waals surface area contributed by atoms with E-state index in [0.29, 0.717) is 19.4 Å². The number of rotatable bonds is 52. The number of carbonyl (C=O) groups excluding carboxylic acids is 2. The third-order valence-corrected chi connectivity index (χ3v) is 12.9. The predicted molar refractivity (Wildman–Crippen MR) is 278 cm³/mol. The average molecular weight is 901 g/mol. The minimum atomic E-state index is -0.854. The Balaban J connectivity index is 3.47. The van der Waals surface area contributed by atoms with E-state index in [9.17, 15) is 19.8 Å². The zero-order valence-corrected chi connectivity index (χ0v) is 42.8. The van der Waals surface area contributed by atoms with E-state index in [4.69, 9.17) is 4.74 Å². The quantitative estimate of drug-likeness (QED) is 0.0321. The number of amides is 1. The van der Waals surface area contributed by atoms with Crippen molar-refractivity contribution >= 4 is 11.9 Å². The van der Waals surface area contributed by atoms with Crippen molar-refractivity contribution in [2.24, 2.45) is 0 Å². The first-order chi connectivity index (χ1) is 31.5. The monoisotopic (exact) mass is 900 g/mol. The van der Waals surface area contributed by atoms with Crippen LogP contribution in [0.2, 0.25) is 0 Å². The highest BCUT2D eigenvalue weighted by molar-refractivity contribution is 5.76. The van der Waals surface area contributed by atoms with Crippen LogP contribution in [0.1, 0.15) is 296 Å². The van der Waals surface area contributed by atoms with Gasteiger partial charge in [-0.05, 0) is 83.5 Å². The summed E-state index contributed by atoms with van der Waals surface area (Å²) in [5, 5.41) is 23.0. The maximum absolute atomic E-state index is 12.4. The number of carbonyl (C=O) groups is 2. The number of aliphatic hydroxyl groups is 2. The summed E-state index contributed by atoms with van der Waals surface area (Å²) in [4.78, 5) is 24.5. The third-order valence-electron chi connectivity index (χ3n) is 12.9. The second-order valence-electron chi connectivity index (χ2n) is 19.3. The Morgan fingerprint density at radius 3 is 1.11 bits per heavy atom. The summed E-state index contributed by atoms with van der Waals surface area (Å²) in [5.41, 5.74) is 0. The van der Waals surface area contributed by atoms with Crippen molar-refractivity contribution in [3.63, 3.8) is 0 Å². The predicted octanol–water partition coefficient (Wildman–Crippen LogP) is 17.2. The van der Waals surface area contributed by atoms with Gasteiger partial charge in [-0.3, -0.25) is 9.59 Å². The molecule has 376 valence electrons. The van der Waals surface area contributed by atoms with Crippen LogP contribution < -0.4 is 5.32 Å². The molecule has 0 aliphatic heterocycles. The second-order valence-corrected chi connectivity index (χ2v) is 19.3. The van der Waals surface area contributed by atoms with Gasteiger partial charge in [-0.15, -0.1) is 0 Å². The van der Waals surface area contributed by atoms with Gasteiger partial charge in [0.15, 0.2) is 0 Å². The summed E-state index contributed by atoms with van der Waals surface area (Å²) in [7, 11) is 0. The first-order valence-corrected chi connectivity index (χ1v) is 28.3. The molecule has 2 unspecified atom stereocenters. The maximum Gasteiger partial charge on any atom is 0.305 e. The molecule has 2 atom stereocenters. The molecule has 0 heterocycles. The highest BCUT2D eigenvalue weighted by atomic mass is 16.5. The van der Waals surface area contributed by atoms with Crippen molar-refractivity contribution in [3.05, 3.63) is 36.5 Å². The summed E-state index contributed by atoms with van der Waals surface area (Å²) in [5.74, 6) is -0.0928. The van der Waals surface area contributed by atoms with E-state index < -0.39 is 12.1 Å². The Bertz CT molecular complexity index is 1040. The standard InChI is InChI=1S/C58H109NO5/c1-3-5-7-9-11-13-15-17-18-19-20-24-28-32-36-40-44-48-52-58(63)64-53-49-45-41-37-33-29-25-22-21-23-27-31-35-39-43-47-51-57(62)59-55(54-60)56(61)50-46-42-38-34-30-26-16-14-12-10-8-6-4-2/h18-19,21,23,46,50,55-56,60-61H,3-17,20,22,24-45,47-49,51-54H2,1-2H3,(H,59,62)/b19-18-,23-21-,50-46+. The number of allylic oxidation sites excluding steroid dienone is 5. The molecule has 0 aliphatic rings. The molecular formula is C58H109NO5. The molecule has 0 rings (SSSR count). The van der Waals surface area contributed by atoms with Crippen LogP contribution in [0.25, 0.3) is 0 Å². The number of esters is 1. The van der Waals surface area contributed by atoms with Gasteiger partial charge >= 0.3 is 5.97 Å².